The molecule has 0 bridgehead atoms. The average molecular weight is 500 g/mol. The minimum atomic E-state index is -0.486. The van der Waals surface area contributed by atoms with Crippen molar-refractivity contribution in [3.63, 3.8) is 0 Å². The Morgan fingerprint density at radius 2 is 1.86 bits per heavy atom. The summed E-state index contributed by atoms with van der Waals surface area (Å²) in [6.45, 7) is 9.39. The highest BCUT2D eigenvalue weighted by molar-refractivity contribution is 8.15. The lowest BCUT2D eigenvalue weighted by Crippen LogP contribution is -2.45. The number of benzene rings is 1. The number of nitrogens with zero attached hydrogens (tertiary/aromatic N) is 3. The highest BCUT2D eigenvalue weighted by Crippen LogP contribution is 2.29. The molecule has 3 heterocycles. The molecule has 2 N–H and O–H groups in total. The second-order valence-electron chi connectivity index (χ2n) is 10.2. The summed E-state index contributed by atoms with van der Waals surface area (Å²) in [4.78, 5) is 46.6. The van der Waals surface area contributed by atoms with Gasteiger partial charge in [0.1, 0.15) is 5.25 Å². The Balaban J connectivity index is 1.25. The third-order valence-corrected chi connectivity index (χ3v) is 7.89. The molecule has 3 aliphatic heterocycles. The van der Waals surface area contributed by atoms with Gasteiger partial charge in [-0.1, -0.05) is 31.7 Å². The van der Waals surface area contributed by atoms with Crippen LogP contribution in [0.15, 0.2) is 29.3 Å². The van der Waals surface area contributed by atoms with E-state index in [9.17, 15) is 14.4 Å². The van der Waals surface area contributed by atoms with Crippen molar-refractivity contribution in [1.29, 1.82) is 0 Å². The first kappa shape index (κ1) is 25.7. The number of thioether (sulfide) groups is 1. The molecule has 0 unspecified atom stereocenters. The molecule has 0 spiro atoms. The van der Waals surface area contributed by atoms with E-state index in [4.69, 9.17) is 0 Å². The summed E-state index contributed by atoms with van der Waals surface area (Å²) in [7, 11) is 0. The van der Waals surface area contributed by atoms with Crippen LogP contribution in [0.5, 0.6) is 0 Å². The number of carbonyl (C=O) groups is 3. The van der Waals surface area contributed by atoms with Gasteiger partial charge in [-0.15, -0.1) is 0 Å². The molecule has 2 saturated heterocycles. The maximum absolute atomic E-state index is 12.8. The van der Waals surface area contributed by atoms with Gasteiger partial charge in [-0.3, -0.25) is 14.4 Å². The van der Waals surface area contributed by atoms with Gasteiger partial charge >= 0.3 is 0 Å². The van der Waals surface area contributed by atoms with Crippen molar-refractivity contribution < 1.29 is 14.4 Å². The second-order valence-corrected chi connectivity index (χ2v) is 11.3. The standard InChI is InChI=1S/C26H37N5O3S/c1-18(2)17-30-13-9-20(10-14-30)28-24(33)19-7-6-8-21(15-19)27-23(32)16-22-25(34)29-26(35-22)31-11-4-3-5-12-31/h6-8,15,18,20,22H,3-5,9-14,16-17H2,1-2H3,(H,27,32)(H,28,33)/t22-/m0/s1. The van der Waals surface area contributed by atoms with Crippen molar-refractivity contribution in [2.24, 2.45) is 10.9 Å². The Bertz CT molecular complexity index is 952. The van der Waals surface area contributed by atoms with Gasteiger partial charge in [0.25, 0.3) is 11.8 Å². The molecule has 0 saturated carbocycles. The van der Waals surface area contributed by atoms with Gasteiger partial charge in [0.2, 0.25) is 5.91 Å². The highest BCUT2D eigenvalue weighted by atomic mass is 32.2. The maximum atomic E-state index is 12.8. The number of piperidine rings is 2. The largest absolute Gasteiger partial charge is 0.351 e. The molecule has 3 aliphatic rings. The first-order valence-electron chi connectivity index (χ1n) is 12.8. The van der Waals surface area contributed by atoms with E-state index < -0.39 is 5.25 Å². The second kappa shape index (κ2) is 12.0. The SMILES string of the molecule is CC(C)CN1CCC(NC(=O)c2cccc(NC(=O)C[C@@H]3SC(N4CCCCC4)=NC3=O)c2)CC1. The topological polar surface area (TPSA) is 94.1 Å². The van der Waals surface area contributed by atoms with Gasteiger partial charge < -0.3 is 20.4 Å². The molecule has 0 aromatic heterocycles. The lowest BCUT2D eigenvalue weighted by atomic mass is 10.0. The van der Waals surface area contributed by atoms with E-state index >= 15 is 0 Å². The van der Waals surface area contributed by atoms with Crippen molar-refractivity contribution >= 4 is 40.3 Å². The number of hydrogen-bond donors (Lipinski definition) is 2. The van der Waals surface area contributed by atoms with Gasteiger partial charge in [-0.05, 0) is 56.2 Å². The predicted octanol–water partition coefficient (Wildman–Crippen LogP) is 3.35. The molecule has 0 aliphatic carbocycles. The van der Waals surface area contributed by atoms with E-state index in [1.165, 1.54) is 18.2 Å². The molecule has 4 rings (SSSR count). The first-order valence-corrected chi connectivity index (χ1v) is 13.7. The Morgan fingerprint density at radius 1 is 1.11 bits per heavy atom. The van der Waals surface area contributed by atoms with Crippen LogP contribution in [0.25, 0.3) is 0 Å². The van der Waals surface area contributed by atoms with E-state index in [-0.39, 0.29) is 30.2 Å². The van der Waals surface area contributed by atoms with Crippen molar-refractivity contribution in [3.8, 4) is 0 Å². The summed E-state index contributed by atoms with van der Waals surface area (Å²) < 4.78 is 0. The van der Waals surface area contributed by atoms with Crippen LogP contribution in [-0.2, 0) is 9.59 Å². The van der Waals surface area contributed by atoms with Crippen molar-refractivity contribution in [1.82, 2.24) is 15.1 Å². The molecular weight excluding hydrogens is 462 g/mol. The van der Waals surface area contributed by atoms with Gasteiger partial charge in [0.05, 0.1) is 0 Å². The average Bonchev–Trinajstić information content (AvgIpc) is 3.20. The fourth-order valence-corrected chi connectivity index (χ4v) is 6.01. The van der Waals surface area contributed by atoms with Crippen molar-refractivity contribution in [2.45, 2.75) is 63.7 Å². The third-order valence-electron chi connectivity index (χ3n) is 6.68. The monoisotopic (exact) mass is 499 g/mol. The van der Waals surface area contributed by atoms with Crippen molar-refractivity contribution in [2.75, 3.05) is 38.0 Å². The van der Waals surface area contributed by atoms with Crippen LogP contribution in [0.3, 0.4) is 0 Å². The Kier molecular flexibility index (Phi) is 8.83. The predicted molar refractivity (Wildman–Crippen MR) is 141 cm³/mol. The van der Waals surface area contributed by atoms with Gasteiger partial charge in [-0.25, -0.2) is 0 Å². The molecule has 9 heteroatoms. The van der Waals surface area contributed by atoms with Crippen LogP contribution >= 0.6 is 11.8 Å². The molecule has 3 amide bonds. The Hall–Kier alpha value is -2.39. The maximum Gasteiger partial charge on any atom is 0.262 e. The molecular formula is C26H37N5O3S. The molecule has 1 aromatic carbocycles. The van der Waals surface area contributed by atoms with E-state index in [0.29, 0.717) is 17.2 Å². The van der Waals surface area contributed by atoms with Crippen LogP contribution in [0, 0.1) is 5.92 Å². The number of anilines is 1. The normalized spacial score (nSPS) is 21.8. The molecule has 8 nitrogen and oxygen atoms in total. The molecule has 0 radical (unpaired) electrons. The number of aliphatic imine (C=N–C) groups is 1. The van der Waals surface area contributed by atoms with Gasteiger partial charge in [0.15, 0.2) is 5.17 Å². The molecule has 35 heavy (non-hydrogen) atoms. The van der Waals surface area contributed by atoms with Gasteiger partial charge in [0, 0.05) is 56.4 Å². The fourth-order valence-electron chi connectivity index (χ4n) is 4.89. The number of rotatable bonds is 7. The number of hydrogen-bond acceptors (Lipinski definition) is 6. The summed E-state index contributed by atoms with van der Waals surface area (Å²) in [6.07, 6.45) is 5.39. The minimum Gasteiger partial charge on any atom is -0.351 e. The van der Waals surface area contributed by atoms with Crippen LogP contribution in [0.1, 0.15) is 62.7 Å². The van der Waals surface area contributed by atoms with E-state index in [1.54, 1.807) is 24.3 Å². The Morgan fingerprint density at radius 3 is 2.57 bits per heavy atom. The molecule has 1 aromatic rings. The van der Waals surface area contributed by atoms with Crippen LogP contribution in [0.2, 0.25) is 0 Å². The van der Waals surface area contributed by atoms with E-state index in [2.05, 4.69) is 39.3 Å². The number of likely N-dealkylation sites (tertiary alicyclic amines) is 2. The molecule has 1 atom stereocenters. The lowest BCUT2D eigenvalue weighted by Gasteiger charge is -2.33. The lowest BCUT2D eigenvalue weighted by molar-refractivity contribution is -0.121. The third kappa shape index (κ3) is 7.30. The first-order chi connectivity index (χ1) is 16.9. The zero-order chi connectivity index (χ0) is 24.8. The van der Waals surface area contributed by atoms with Crippen LogP contribution in [-0.4, -0.2) is 76.7 Å². The summed E-state index contributed by atoms with van der Waals surface area (Å²) >= 11 is 1.39. The van der Waals surface area contributed by atoms with Crippen LogP contribution in [0.4, 0.5) is 5.69 Å². The summed E-state index contributed by atoms with van der Waals surface area (Å²) in [5, 5.41) is 6.26. The highest BCUT2D eigenvalue weighted by Gasteiger charge is 2.33. The van der Waals surface area contributed by atoms with E-state index in [0.717, 1.165) is 63.6 Å². The smallest absolute Gasteiger partial charge is 0.262 e. The summed E-state index contributed by atoms with van der Waals surface area (Å²) in [5.74, 6) is 0.0394. The Labute approximate surface area is 212 Å². The summed E-state index contributed by atoms with van der Waals surface area (Å²) in [6, 6.07) is 7.15. The van der Waals surface area contributed by atoms with Crippen molar-refractivity contribution in [3.05, 3.63) is 29.8 Å². The zero-order valence-electron chi connectivity index (χ0n) is 20.8. The number of amides is 3. The van der Waals surface area contributed by atoms with E-state index in [1.807, 2.05) is 0 Å². The number of carbonyl (C=O) groups excluding carboxylic acids is 3. The summed E-state index contributed by atoms with van der Waals surface area (Å²) in [5.41, 5.74) is 1.08. The fraction of sp³-hybridized carbons (Fsp3) is 0.615. The minimum absolute atomic E-state index is 0.0652. The van der Waals surface area contributed by atoms with Gasteiger partial charge in [-0.2, -0.15) is 4.99 Å². The number of nitrogens with one attached hydrogen (secondary N) is 2. The van der Waals surface area contributed by atoms with Crippen LogP contribution < -0.4 is 10.6 Å². The molecule has 190 valence electrons. The number of amidine groups is 1. The quantitative estimate of drug-likeness (QED) is 0.598. The zero-order valence-corrected chi connectivity index (χ0v) is 21.6. The molecule has 2 fully saturated rings.